The highest BCUT2D eigenvalue weighted by Crippen LogP contribution is 2.34. The number of benzene rings is 1. The van der Waals surface area contributed by atoms with E-state index in [2.05, 4.69) is 16.9 Å². The van der Waals surface area contributed by atoms with Gasteiger partial charge in [0.15, 0.2) is 0 Å². The van der Waals surface area contributed by atoms with E-state index in [1.165, 1.54) is 5.56 Å². The van der Waals surface area contributed by atoms with E-state index in [-0.39, 0.29) is 0 Å². The minimum Gasteiger partial charge on any atom is -0.450 e. The summed E-state index contributed by atoms with van der Waals surface area (Å²) in [5.41, 5.74) is 1.24. The maximum Gasteiger partial charge on any atom is 0.508 e. The quantitative estimate of drug-likeness (QED) is 0.614. The Hall–Kier alpha value is -1.55. The van der Waals surface area contributed by atoms with Crippen LogP contribution >= 0.6 is 0 Å². The lowest BCUT2D eigenvalue weighted by Gasteiger charge is -2.10. The summed E-state index contributed by atoms with van der Waals surface area (Å²) in [6, 6.07) is 10.1. The van der Waals surface area contributed by atoms with E-state index >= 15 is 0 Å². The summed E-state index contributed by atoms with van der Waals surface area (Å²) in [6.45, 7) is 0.383. The minimum absolute atomic E-state index is 0.383. The summed E-state index contributed by atoms with van der Waals surface area (Å²) in [6.07, 6.45) is 1.12. The van der Waals surface area contributed by atoms with Crippen LogP contribution in [0, 0.1) is 0 Å². The van der Waals surface area contributed by atoms with Crippen molar-refractivity contribution in [1.29, 1.82) is 0 Å². The molecule has 4 nitrogen and oxygen atoms in total. The largest absolute Gasteiger partial charge is 0.508 e. The molecule has 1 atom stereocenters. The third kappa shape index (κ3) is 2.97. The molecule has 1 aromatic rings. The number of ether oxygens (including phenoxy) is 2. The van der Waals surface area contributed by atoms with Crippen molar-refractivity contribution in [2.75, 3.05) is 6.61 Å². The Balaban J connectivity index is 1.74. The second kappa shape index (κ2) is 4.53. The maximum atomic E-state index is 10.4. The highest BCUT2D eigenvalue weighted by molar-refractivity contribution is 5.57. The van der Waals surface area contributed by atoms with Crippen LogP contribution in [0.4, 0.5) is 4.79 Å². The number of aryl methyl sites for hydroxylation is 1. The molecule has 1 aliphatic heterocycles. The third-order valence-electron chi connectivity index (χ3n) is 2.61. The molecule has 86 valence electrons. The van der Waals surface area contributed by atoms with Crippen molar-refractivity contribution in [2.45, 2.75) is 25.0 Å². The van der Waals surface area contributed by atoms with Gasteiger partial charge in [-0.25, -0.2) is 4.79 Å². The van der Waals surface area contributed by atoms with Crippen LogP contribution in [0.3, 0.4) is 0 Å². The van der Waals surface area contributed by atoms with Gasteiger partial charge in [-0.2, -0.15) is 0 Å². The third-order valence-corrected chi connectivity index (χ3v) is 2.61. The Morgan fingerprint density at radius 1 is 1.44 bits per heavy atom. The SMILES string of the molecule is O=C(O)OC1(CCCc2ccccc2)CO1. The predicted molar refractivity (Wildman–Crippen MR) is 57.2 cm³/mol. The summed E-state index contributed by atoms with van der Waals surface area (Å²) in [7, 11) is 0. The van der Waals surface area contributed by atoms with E-state index in [1.54, 1.807) is 0 Å². The molecule has 4 heteroatoms. The molecule has 1 aromatic carbocycles. The molecule has 1 heterocycles. The lowest BCUT2D eigenvalue weighted by Crippen LogP contribution is -2.20. The fourth-order valence-electron chi connectivity index (χ4n) is 1.70. The molecule has 1 N–H and O–H groups in total. The van der Waals surface area contributed by atoms with Crippen LogP contribution < -0.4 is 0 Å². The first-order chi connectivity index (χ1) is 7.70. The summed E-state index contributed by atoms with van der Waals surface area (Å²) in [4.78, 5) is 10.4. The van der Waals surface area contributed by atoms with Crippen LogP contribution in [0.2, 0.25) is 0 Å². The second-order valence-corrected chi connectivity index (χ2v) is 3.91. The number of epoxide rings is 1. The van der Waals surface area contributed by atoms with Crippen LogP contribution in [0.1, 0.15) is 18.4 Å². The normalized spacial score (nSPS) is 22.8. The van der Waals surface area contributed by atoms with Crippen molar-refractivity contribution in [3.05, 3.63) is 35.9 Å². The molecule has 0 radical (unpaired) electrons. The van der Waals surface area contributed by atoms with Crippen molar-refractivity contribution in [2.24, 2.45) is 0 Å². The van der Waals surface area contributed by atoms with Gasteiger partial charge in [-0.1, -0.05) is 30.3 Å². The van der Waals surface area contributed by atoms with Gasteiger partial charge in [-0.3, -0.25) is 0 Å². The predicted octanol–water partition coefficient (Wildman–Crippen LogP) is 2.43. The molecule has 0 spiro atoms. The average Bonchev–Trinajstić information content (AvgIpc) is 2.99. The molecule has 0 aromatic heterocycles. The highest BCUT2D eigenvalue weighted by atomic mass is 16.8. The first-order valence-corrected chi connectivity index (χ1v) is 5.30. The van der Waals surface area contributed by atoms with Crippen LogP contribution in [0.15, 0.2) is 30.3 Å². The summed E-state index contributed by atoms with van der Waals surface area (Å²) in [5.74, 6) is -0.847. The van der Waals surface area contributed by atoms with Crippen molar-refractivity contribution >= 4 is 6.16 Å². The summed E-state index contributed by atoms with van der Waals surface area (Å²) < 4.78 is 9.72. The molecule has 1 saturated heterocycles. The van der Waals surface area contributed by atoms with Gasteiger partial charge in [-0.15, -0.1) is 0 Å². The Labute approximate surface area is 93.8 Å². The molecule has 0 aliphatic carbocycles. The second-order valence-electron chi connectivity index (χ2n) is 3.91. The average molecular weight is 222 g/mol. The van der Waals surface area contributed by atoms with Crippen molar-refractivity contribution < 1.29 is 19.4 Å². The van der Waals surface area contributed by atoms with E-state index in [9.17, 15) is 4.79 Å². The number of rotatable bonds is 5. The lowest BCUT2D eigenvalue weighted by molar-refractivity contribution is -0.0241. The van der Waals surface area contributed by atoms with E-state index in [1.807, 2.05) is 18.2 Å². The van der Waals surface area contributed by atoms with Gasteiger partial charge < -0.3 is 14.6 Å². The standard InChI is InChI=1S/C12H14O4/c13-11(14)16-12(9-15-12)8-4-7-10-5-2-1-3-6-10/h1-3,5-6H,4,7-9H2,(H,13,14). The first kappa shape index (κ1) is 11.0. The van der Waals surface area contributed by atoms with Gasteiger partial charge in [0.2, 0.25) is 5.79 Å². The number of hydrogen-bond donors (Lipinski definition) is 1. The first-order valence-electron chi connectivity index (χ1n) is 5.30. The zero-order chi connectivity index (χ0) is 11.4. The molecule has 0 bridgehead atoms. The van der Waals surface area contributed by atoms with Crippen molar-refractivity contribution in [3.63, 3.8) is 0 Å². The molecule has 0 amide bonds. The van der Waals surface area contributed by atoms with Gasteiger partial charge in [0, 0.05) is 6.42 Å². The van der Waals surface area contributed by atoms with Crippen LogP contribution in [-0.2, 0) is 15.9 Å². The Morgan fingerprint density at radius 3 is 2.69 bits per heavy atom. The number of carboxylic acid groups (broad SMARTS) is 1. The van der Waals surface area contributed by atoms with E-state index in [0.717, 1.165) is 12.8 Å². The van der Waals surface area contributed by atoms with E-state index in [0.29, 0.717) is 13.0 Å². The van der Waals surface area contributed by atoms with Gasteiger partial charge in [0.1, 0.15) is 6.61 Å². The molecule has 2 rings (SSSR count). The van der Waals surface area contributed by atoms with Crippen LogP contribution in [0.5, 0.6) is 0 Å². The highest BCUT2D eigenvalue weighted by Gasteiger charge is 2.48. The smallest absolute Gasteiger partial charge is 0.450 e. The molecular weight excluding hydrogens is 208 g/mol. The molecule has 1 aliphatic rings. The van der Waals surface area contributed by atoms with Gasteiger partial charge in [0.25, 0.3) is 0 Å². The summed E-state index contributed by atoms with van der Waals surface area (Å²) in [5, 5.41) is 8.50. The van der Waals surface area contributed by atoms with Crippen LogP contribution in [0.25, 0.3) is 0 Å². The van der Waals surface area contributed by atoms with Gasteiger partial charge in [0.05, 0.1) is 0 Å². The Kier molecular flexibility index (Phi) is 3.10. The maximum absolute atomic E-state index is 10.4. The molecule has 1 fully saturated rings. The van der Waals surface area contributed by atoms with Gasteiger partial charge in [-0.05, 0) is 18.4 Å². The van der Waals surface area contributed by atoms with E-state index < -0.39 is 11.9 Å². The molecule has 0 saturated carbocycles. The van der Waals surface area contributed by atoms with Crippen LogP contribution in [-0.4, -0.2) is 23.7 Å². The minimum atomic E-state index is -1.27. The Bertz CT molecular complexity index is 357. The molecule has 1 unspecified atom stereocenters. The zero-order valence-electron chi connectivity index (χ0n) is 8.89. The Morgan fingerprint density at radius 2 is 2.12 bits per heavy atom. The topological polar surface area (TPSA) is 59.1 Å². The van der Waals surface area contributed by atoms with Crippen molar-refractivity contribution in [3.8, 4) is 0 Å². The summed E-state index contributed by atoms with van der Waals surface area (Å²) >= 11 is 0. The number of hydrogen-bond acceptors (Lipinski definition) is 3. The fraction of sp³-hybridized carbons (Fsp3) is 0.417. The fourth-order valence-corrected chi connectivity index (χ4v) is 1.70. The van der Waals surface area contributed by atoms with E-state index in [4.69, 9.17) is 9.84 Å². The lowest BCUT2D eigenvalue weighted by atomic mass is 10.1. The monoisotopic (exact) mass is 222 g/mol. The number of carbonyl (C=O) groups is 1. The zero-order valence-corrected chi connectivity index (χ0v) is 8.89. The van der Waals surface area contributed by atoms with Gasteiger partial charge >= 0.3 is 6.16 Å². The molecule has 16 heavy (non-hydrogen) atoms. The molecular formula is C12H14O4. The van der Waals surface area contributed by atoms with Crippen molar-refractivity contribution in [1.82, 2.24) is 0 Å².